The van der Waals surface area contributed by atoms with Gasteiger partial charge in [-0.1, -0.05) is 0 Å². The molecule has 0 aliphatic carbocycles. The summed E-state index contributed by atoms with van der Waals surface area (Å²) < 4.78 is 5.42. The van der Waals surface area contributed by atoms with Gasteiger partial charge >= 0.3 is 12.0 Å². The second-order valence-electron chi connectivity index (χ2n) is 4.36. The lowest BCUT2D eigenvalue weighted by atomic mass is 10.2. The Morgan fingerprint density at radius 3 is 2.94 bits per heavy atom. The third-order valence-electron chi connectivity index (χ3n) is 2.72. The van der Waals surface area contributed by atoms with Gasteiger partial charge < -0.3 is 25.2 Å². The molecule has 2 unspecified atom stereocenters. The van der Waals surface area contributed by atoms with Crippen LogP contribution in [0.3, 0.4) is 0 Å². The monoisotopic (exact) mass is 260 g/mol. The van der Waals surface area contributed by atoms with Gasteiger partial charge in [0.1, 0.15) is 0 Å². The second kappa shape index (κ2) is 7.17. The maximum Gasteiger partial charge on any atom is 0.332 e. The molecule has 2 amide bonds. The summed E-state index contributed by atoms with van der Waals surface area (Å²) >= 11 is 0. The minimum atomic E-state index is -1.43. The zero-order valence-corrected chi connectivity index (χ0v) is 10.5. The fourth-order valence-electron chi connectivity index (χ4n) is 1.73. The number of carboxylic acid groups (broad SMARTS) is 1. The molecular formula is C11H20N2O5. The molecule has 0 saturated carbocycles. The summed E-state index contributed by atoms with van der Waals surface area (Å²) in [7, 11) is 0. The lowest BCUT2D eigenvalue weighted by molar-refractivity contribution is -0.146. The molecular weight excluding hydrogens is 240 g/mol. The predicted molar refractivity (Wildman–Crippen MR) is 63.3 cm³/mol. The van der Waals surface area contributed by atoms with Gasteiger partial charge in [0.15, 0.2) is 6.10 Å². The predicted octanol–water partition coefficient (Wildman–Crippen LogP) is -0.358. The number of nitrogens with one attached hydrogen (secondary N) is 1. The van der Waals surface area contributed by atoms with Crippen LogP contribution in [-0.4, -0.2) is 65.6 Å². The lowest BCUT2D eigenvalue weighted by Gasteiger charge is -2.22. The van der Waals surface area contributed by atoms with Crippen molar-refractivity contribution in [3.05, 3.63) is 0 Å². The van der Waals surface area contributed by atoms with Crippen molar-refractivity contribution in [1.82, 2.24) is 10.2 Å². The quantitative estimate of drug-likeness (QED) is 0.641. The fraction of sp³-hybridized carbons (Fsp3) is 0.818. The largest absolute Gasteiger partial charge is 0.479 e. The van der Waals surface area contributed by atoms with Crippen molar-refractivity contribution in [2.24, 2.45) is 0 Å². The van der Waals surface area contributed by atoms with E-state index >= 15 is 0 Å². The molecule has 1 fully saturated rings. The van der Waals surface area contributed by atoms with Crippen LogP contribution in [0.25, 0.3) is 0 Å². The van der Waals surface area contributed by atoms with Crippen LogP contribution in [0.4, 0.5) is 4.79 Å². The number of rotatable bonds is 4. The third kappa shape index (κ3) is 4.89. The zero-order chi connectivity index (χ0) is 13.5. The van der Waals surface area contributed by atoms with Gasteiger partial charge in [-0.05, 0) is 13.3 Å². The molecule has 3 N–H and O–H groups in total. The van der Waals surface area contributed by atoms with E-state index < -0.39 is 12.1 Å². The zero-order valence-electron chi connectivity index (χ0n) is 10.5. The molecule has 1 aliphatic heterocycles. The Bertz CT molecular complexity index is 297. The highest BCUT2D eigenvalue weighted by Crippen LogP contribution is 2.05. The molecule has 104 valence electrons. The van der Waals surface area contributed by atoms with E-state index in [1.54, 1.807) is 4.90 Å². The highest BCUT2D eigenvalue weighted by molar-refractivity contribution is 5.74. The van der Waals surface area contributed by atoms with Gasteiger partial charge in [0.2, 0.25) is 0 Å². The molecule has 1 rings (SSSR count). The molecule has 0 spiro atoms. The fourth-order valence-corrected chi connectivity index (χ4v) is 1.73. The number of carbonyl (C=O) groups excluding carboxylic acids is 1. The summed E-state index contributed by atoms with van der Waals surface area (Å²) in [6, 6.07) is -0.245. The number of amides is 2. The van der Waals surface area contributed by atoms with Crippen molar-refractivity contribution in [2.75, 3.05) is 26.2 Å². The Morgan fingerprint density at radius 1 is 1.56 bits per heavy atom. The van der Waals surface area contributed by atoms with Gasteiger partial charge in [-0.25, -0.2) is 9.59 Å². The summed E-state index contributed by atoms with van der Waals surface area (Å²) in [5.41, 5.74) is 0. The first-order valence-electron chi connectivity index (χ1n) is 6.06. The smallest absolute Gasteiger partial charge is 0.332 e. The number of carboxylic acids is 1. The molecule has 1 aliphatic rings. The number of hydrogen-bond acceptors (Lipinski definition) is 4. The van der Waals surface area contributed by atoms with Crippen LogP contribution in [0.1, 0.15) is 19.8 Å². The van der Waals surface area contributed by atoms with Crippen LogP contribution in [0.5, 0.6) is 0 Å². The first kappa shape index (κ1) is 14.7. The van der Waals surface area contributed by atoms with Gasteiger partial charge in [0.25, 0.3) is 0 Å². The van der Waals surface area contributed by atoms with E-state index in [2.05, 4.69) is 5.32 Å². The van der Waals surface area contributed by atoms with Crippen LogP contribution in [0.15, 0.2) is 0 Å². The molecule has 2 atom stereocenters. The van der Waals surface area contributed by atoms with Crippen LogP contribution in [0.2, 0.25) is 0 Å². The van der Waals surface area contributed by atoms with E-state index in [0.29, 0.717) is 19.7 Å². The maximum absolute atomic E-state index is 11.8. The minimum Gasteiger partial charge on any atom is -0.479 e. The highest BCUT2D eigenvalue weighted by atomic mass is 16.5. The summed E-state index contributed by atoms with van der Waals surface area (Å²) in [6.07, 6.45) is -0.643. The SMILES string of the molecule is CC1CN(C(=O)NCCC(O)C(=O)O)CCCO1. The number of aliphatic carboxylic acids is 1. The number of urea groups is 1. The average Bonchev–Trinajstić information content (AvgIpc) is 2.53. The number of hydrogen-bond donors (Lipinski definition) is 3. The van der Waals surface area contributed by atoms with Gasteiger partial charge in [0.05, 0.1) is 6.10 Å². The van der Waals surface area contributed by atoms with Gasteiger partial charge in [-0.2, -0.15) is 0 Å². The van der Waals surface area contributed by atoms with Crippen molar-refractivity contribution < 1.29 is 24.5 Å². The van der Waals surface area contributed by atoms with E-state index in [-0.39, 0.29) is 25.1 Å². The number of nitrogens with zero attached hydrogens (tertiary/aromatic N) is 1. The Kier molecular flexibility index (Phi) is 5.87. The Morgan fingerprint density at radius 2 is 2.28 bits per heavy atom. The third-order valence-corrected chi connectivity index (χ3v) is 2.72. The molecule has 0 aromatic rings. The first-order chi connectivity index (χ1) is 8.50. The van der Waals surface area contributed by atoms with E-state index in [1.165, 1.54) is 0 Å². The summed E-state index contributed by atoms with van der Waals surface area (Å²) in [5, 5.41) is 20.1. The summed E-state index contributed by atoms with van der Waals surface area (Å²) in [6.45, 7) is 3.82. The van der Waals surface area contributed by atoms with Crippen LogP contribution in [-0.2, 0) is 9.53 Å². The standard InChI is InChI=1S/C11H20N2O5/c1-8-7-13(5-2-6-18-8)11(17)12-4-3-9(14)10(15)16/h8-9,14H,2-7H2,1H3,(H,12,17)(H,15,16). The van der Waals surface area contributed by atoms with Crippen molar-refractivity contribution >= 4 is 12.0 Å². The minimum absolute atomic E-state index is 0.000959. The second-order valence-corrected chi connectivity index (χ2v) is 4.36. The molecule has 0 bridgehead atoms. The normalized spacial score (nSPS) is 22.1. The van der Waals surface area contributed by atoms with Crippen LogP contribution < -0.4 is 5.32 Å². The van der Waals surface area contributed by atoms with Gasteiger partial charge in [0, 0.05) is 32.7 Å². The number of aliphatic hydroxyl groups excluding tert-OH is 1. The average molecular weight is 260 g/mol. The van der Waals surface area contributed by atoms with E-state index in [4.69, 9.17) is 14.9 Å². The Hall–Kier alpha value is -1.34. The summed E-state index contributed by atoms with van der Waals surface area (Å²) in [5.74, 6) is -1.28. The molecule has 7 heteroatoms. The topological polar surface area (TPSA) is 99.1 Å². The van der Waals surface area contributed by atoms with Gasteiger partial charge in [-0.15, -0.1) is 0 Å². The lowest BCUT2D eigenvalue weighted by Crippen LogP contribution is -2.43. The Balaban J connectivity index is 2.29. The molecule has 1 heterocycles. The molecule has 18 heavy (non-hydrogen) atoms. The first-order valence-corrected chi connectivity index (χ1v) is 6.06. The molecule has 0 aromatic heterocycles. The van der Waals surface area contributed by atoms with Crippen molar-refractivity contribution in [1.29, 1.82) is 0 Å². The van der Waals surface area contributed by atoms with Crippen LogP contribution >= 0.6 is 0 Å². The molecule has 0 radical (unpaired) electrons. The van der Waals surface area contributed by atoms with Gasteiger partial charge in [-0.3, -0.25) is 0 Å². The summed E-state index contributed by atoms with van der Waals surface area (Å²) in [4.78, 5) is 23.8. The van der Waals surface area contributed by atoms with E-state index in [0.717, 1.165) is 6.42 Å². The molecule has 1 saturated heterocycles. The molecule has 0 aromatic carbocycles. The van der Waals surface area contributed by atoms with Crippen LogP contribution in [0, 0.1) is 0 Å². The maximum atomic E-state index is 11.8. The Labute approximate surface area is 106 Å². The number of aliphatic hydroxyl groups is 1. The van der Waals surface area contributed by atoms with Crippen molar-refractivity contribution in [3.8, 4) is 0 Å². The molecule has 7 nitrogen and oxygen atoms in total. The van der Waals surface area contributed by atoms with Crippen molar-refractivity contribution in [3.63, 3.8) is 0 Å². The van der Waals surface area contributed by atoms with E-state index in [9.17, 15) is 9.59 Å². The number of ether oxygens (including phenoxy) is 1. The van der Waals surface area contributed by atoms with Crippen molar-refractivity contribution in [2.45, 2.75) is 32.0 Å². The number of carbonyl (C=O) groups is 2. The highest BCUT2D eigenvalue weighted by Gasteiger charge is 2.20. The van der Waals surface area contributed by atoms with E-state index in [1.807, 2.05) is 6.92 Å².